The summed E-state index contributed by atoms with van der Waals surface area (Å²) in [6, 6.07) is 19.6. The molecule has 0 saturated carbocycles. The number of nitrogens with one attached hydrogen (secondary N) is 1. The lowest BCUT2D eigenvalue weighted by molar-refractivity contribution is -0.140. The van der Waals surface area contributed by atoms with E-state index < -0.39 is 28.5 Å². The van der Waals surface area contributed by atoms with Gasteiger partial charge in [0.2, 0.25) is 21.8 Å². The van der Waals surface area contributed by atoms with E-state index in [1.165, 1.54) is 18.1 Å². The lowest BCUT2D eigenvalue weighted by Crippen LogP contribution is -2.54. The molecule has 0 heterocycles. The summed E-state index contributed by atoms with van der Waals surface area (Å²) >= 11 is 12.6. The maximum Gasteiger partial charge on any atom is 0.244 e. The fraction of sp³-hybridized carbons (Fsp3) is 0.333. The van der Waals surface area contributed by atoms with Gasteiger partial charge < -0.3 is 15.0 Å². The zero-order valence-electron chi connectivity index (χ0n) is 23.5. The minimum atomic E-state index is -3.90. The normalized spacial score (nSPS) is 12.7. The molecule has 0 aliphatic heterocycles. The van der Waals surface area contributed by atoms with Crippen molar-refractivity contribution >= 4 is 50.7 Å². The third-order valence-corrected chi connectivity index (χ3v) is 8.38. The number of hydrogen-bond acceptors (Lipinski definition) is 5. The minimum absolute atomic E-state index is 0.0457. The number of carbonyl (C=O) groups excluding carboxylic acids is 2. The van der Waals surface area contributed by atoms with Crippen LogP contribution in [0.1, 0.15) is 31.4 Å². The summed E-state index contributed by atoms with van der Waals surface area (Å²) in [4.78, 5) is 29.2. The Kier molecular flexibility index (Phi) is 11.5. The maximum absolute atomic E-state index is 14.1. The second-order valence-electron chi connectivity index (χ2n) is 9.75. The molecule has 41 heavy (non-hydrogen) atoms. The van der Waals surface area contributed by atoms with E-state index in [0.717, 1.165) is 16.1 Å². The Hall–Kier alpha value is -3.27. The van der Waals surface area contributed by atoms with Gasteiger partial charge in [-0.1, -0.05) is 72.6 Å². The molecule has 0 unspecified atom stereocenters. The molecule has 0 saturated heterocycles. The van der Waals surface area contributed by atoms with Gasteiger partial charge >= 0.3 is 0 Å². The standard InChI is InChI=1S/C30H35Cl2N3O5S/c1-5-21(2)33-30(37)28(16-22-10-7-6-8-11-22)34(19-23-14-15-24(31)17-27(23)32)29(36)20-35(41(4,38)39)25-12-9-13-26(18-25)40-3/h6-15,17-18,21,28H,5,16,19-20H2,1-4H3,(H,33,37)/t21-,28-/m1/s1. The first kappa shape index (κ1) is 32.2. The summed E-state index contributed by atoms with van der Waals surface area (Å²) in [5.74, 6) is -0.498. The smallest absolute Gasteiger partial charge is 0.244 e. The third kappa shape index (κ3) is 9.11. The van der Waals surface area contributed by atoms with Gasteiger partial charge in [-0.2, -0.15) is 0 Å². The molecule has 0 radical (unpaired) electrons. The fourth-order valence-electron chi connectivity index (χ4n) is 4.21. The van der Waals surface area contributed by atoms with E-state index in [9.17, 15) is 18.0 Å². The molecule has 3 aromatic carbocycles. The first-order valence-corrected chi connectivity index (χ1v) is 15.7. The monoisotopic (exact) mass is 619 g/mol. The molecule has 0 bridgehead atoms. The van der Waals surface area contributed by atoms with Gasteiger partial charge in [0.15, 0.2) is 0 Å². The van der Waals surface area contributed by atoms with Crippen molar-refractivity contribution in [2.24, 2.45) is 0 Å². The zero-order valence-corrected chi connectivity index (χ0v) is 25.8. The summed E-state index contributed by atoms with van der Waals surface area (Å²) in [5, 5.41) is 3.74. The van der Waals surface area contributed by atoms with Crippen LogP contribution in [0.3, 0.4) is 0 Å². The highest BCUT2D eigenvalue weighted by molar-refractivity contribution is 7.92. The molecule has 3 aromatic rings. The van der Waals surface area contributed by atoms with Crippen molar-refractivity contribution in [3.05, 3.63) is 94.0 Å². The number of sulfonamides is 1. The molecule has 0 aliphatic carbocycles. The summed E-state index contributed by atoms with van der Waals surface area (Å²) in [6.45, 7) is 3.24. The number of methoxy groups -OCH3 is 1. The second-order valence-corrected chi connectivity index (χ2v) is 12.5. The van der Waals surface area contributed by atoms with Gasteiger partial charge in [-0.05, 0) is 48.7 Å². The van der Waals surface area contributed by atoms with E-state index in [4.69, 9.17) is 27.9 Å². The number of nitrogens with zero attached hydrogens (tertiary/aromatic N) is 2. The average Bonchev–Trinajstić information content (AvgIpc) is 2.94. The first-order valence-electron chi connectivity index (χ1n) is 13.1. The number of carbonyl (C=O) groups is 2. The topological polar surface area (TPSA) is 96.0 Å². The van der Waals surface area contributed by atoms with Crippen LogP contribution in [0, 0.1) is 0 Å². The molecule has 0 fully saturated rings. The van der Waals surface area contributed by atoms with Gasteiger partial charge in [-0.15, -0.1) is 0 Å². The van der Waals surface area contributed by atoms with E-state index >= 15 is 0 Å². The number of benzene rings is 3. The van der Waals surface area contributed by atoms with Gasteiger partial charge in [0.1, 0.15) is 18.3 Å². The molecular weight excluding hydrogens is 585 g/mol. The minimum Gasteiger partial charge on any atom is -0.497 e. The van der Waals surface area contributed by atoms with Crippen LogP contribution in [-0.2, 0) is 32.6 Å². The number of halogens is 2. The Morgan fingerprint density at radius 3 is 2.32 bits per heavy atom. The maximum atomic E-state index is 14.1. The lowest BCUT2D eigenvalue weighted by atomic mass is 10.0. The Bertz CT molecular complexity index is 1450. The Morgan fingerprint density at radius 2 is 1.71 bits per heavy atom. The quantitative estimate of drug-likeness (QED) is 0.279. The van der Waals surface area contributed by atoms with E-state index in [1.54, 1.807) is 36.4 Å². The molecular formula is C30H35Cl2N3O5S. The summed E-state index contributed by atoms with van der Waals surface area (Å²) in [6.07, 6.45) is 1.92. The molecule has 1 N–H and O–H groups in total. The van der Waals surface area contributed by atoms with Gasteiger partial charge in [-0.25, -0.2) is 8.42 Å². The van der Waals surface area contributed by atoms with E-state index in [2.05, 4.69) is 5.32 Å². The van der Waals surface area contributed by atoms with Crippen LogP contribution in [0.15, 0.2) is 72.8 Å². The van der Waals surface area contributed by atoms with Crippen molar-refractivity contribution < 1.29 is 22.7 Å². The van der Waals surface area contributed by atoms with Crippen LogP contribution < -0.4 is 14.4 Å². The van der Waals surface area contributed by atoms with Crippen LogP contribution in [-0.4, -0.2) is 57.1 Å². The second kappa shape index (κ2) is 14.6. The van der Waals surface area contributed by atoms with Crippen LogP contribution in [0.2, 0.25) is 10.0 Å². The van der Waals surface area contributed by atoms with Crippen LogP contribution in [0.25, 0.3) is 0 Å². The summed E-state index contributed by atoms with van der Waals surface area (Å²) in [5.41, 5.74) is 1.66. The Morgan fingerprint density at radius 1 is 1.00 bits per heavy atom. The SMILES string of the molecule is CC[C@@H](C)NC(=O)[C@@H](Cc1ccccc1)N(Cc1ccc(Cl)cc1Cl)C(=O)CN(c1cccc(OC)c1)S(C)(=O)=O. The van der Waals surface area contributed by atoms with Gasteiger partial charge in [0.25, 0.3) is 0 Å². The molecule has 3 rings (SSSR count). The molecule has 0 aromatic heterocycles. The van der Waals surface area contributed by atoms with Crippen molar-refractivity contribution in [3.63, 3.8) is 0 Å². The zero-order chi connectivity index (χ0) is 30.2. The van der Waals surface area contributed by atoms with Crippen LogP contribution in [0.4, 0.5) is 5.69 Å². The lowest BCUT2D eigenvalue weighted by Gasteiger charge is -2.34. The van der Waals surface area contributed by atoms with Crippen molar-refractivity contribution in [1.82, 2.24) is 10.2 Å². The summed E-state index contributed by atoms with van der Waals surface area (Å²) < 4.78 is 32.1. The number of rotatable bonds is 13. The highest BCUT2D eigenvalue weighted by atomic mass is 35.5. The molecule has 220 valence electrons. The third-order valence-electron chi connectivity index (χ3n) is 6.65. The highest BCUT2D eigenvalue weighted by Gasteiger charge is 2.33. The fourth-order valence-corrected chi connectivity index (χ4v) is 5.52. The number of ether oxygens (including phenoxy) is 1. The Balaban J connectivity index is 2.09. The molecule has 0 spiro atoms. The number of anilines is 1. The predicted molar refractivity (Wildman–Crippen MR) is 164 cm³/mol. The summed E-state index contributed by atoms with van der Waals surface area (Å²) in [7, 11) is -2.43. The van der Waals surface area contributed by atoms with Crippen molar-refractivity contribution in [3.8, 4) is 5.75 Å². The Labute approximate surface area is 252 Å². The number of amides is 2. The first-order chi connectivity index (χ1) is 19.4. The van der Waals surface area contributed by atoms with Gasteiger partial charge in [-0.3, -0.25) is 13.9 Å². The largest absolute Gasteiger partial charge is 0.497 e. The molecule has 2 amide bonds. The average molecular weight is 621 g/mol. The van der Waals surface area contributed by atoms with Crippen LogP contribution >= 0.6 is 23.2 Å². The highest BCUT2D eigenvalue weighted by Crippen LogP contribution is 2.26. The molecule has 0 aliphatic rings. The van der Waals surface area contributed by atoms with Gasteiger partial charge in [0.05, 0.1) is 19.1 Å². The molecule has 11 heteroatoms. The van der Waals surface area contributed by atoms with E-state index in [1.807, 2.05) is 44.2 Å². The molecule has 2 atom stereocenters. The van der Waals surface area contributed by atoms with Crippen molar-refractivity contribution in [2.75, 3.05) is 24.2 Å². The molecule has 8 nitrogen and oxygen atoms in total. The van der Waals surface area contributed by atoms with E-state index in [-0.39, 0.29) is 30.6 Å². The predicted octanol–water partition coefficient (Wildman–Crippen LogP) is 5.32. The van der Waals surface area contributed by atoms with Crippen LogP contribution in [0.5, 0.6) is 5.75 Å². The number of hydrogen-bond donors (Lipinski definition) is 1. The van der Waals surface area contributed by atoms with Crippen molar-refractivity contribution in [2.45, 2.75) is 45.3 Å². The van der Waals surface area contributed by atoms with E-state index in [0.29, 0.717) is 27.8 Å². The van der Waals surface area contributed by atoms with Gasteiger partial charge in [0, 0.05) is 35.1 Å². The van der Waals surface area contributed by atoms with Crippen molar-refractivity contribution in [1.29, 1.82) is 0 Å².